The number of nitrogens with zero attached hydrogens (tertiary/aromatic N) is 5. The van der Waals surface area contributed by atoms with E-state index in [0.717, 1.165) is 41.5 Å². The molecule has 2 aromatic rings. The number of hydrogen-bond acceptors (Lipinski definition) is 8. The van der Waals surface area contributed by atoms with Crippen LogP contribution in [-0.2, 0) is 4.79 Å². The van der Waals surface area contributed by atoms with Crippen molar-refractivity contribution in [3.05, 3.63) is 23.8 Å². The number of rotatable bonds is 4. The molecule has 2 aromatic heterocycles. The van der Waals surface area contributed by atoms with E-state index in [2.05, 4.69) is 20.2 Å². The predicted molar refractivity (Wildman–Crippen MR) is 90.4 cm³/mol. The van der Waals surface area contributed by atoms with Gasteiger partial charge in [-0.15, -0.1) is 10.2 Å². The molecule has 0 saturated carbocycles. The zero-order chi connectivity index (χ0) is 16.2. The lowest BCUT2D eigenvalue weighted by atomic mass is 9.91. The number of nitrogens with two attached hydrogens (primary N) is 1. The van der Waals surface area contributed by atoms with Crippen molar-refractivity contribution in [1.82, 2.24) is 25.1 Å². The molecule has 0 spiro atoms. The molecule has 122 valence electrons. The Morgan fingerprint density at radius 3 is 2.87 bits per heavy atom. The summed E-state index contributed by atoms with van der Waals surface area (Å²) in [5, 5.41) is 8.09. The summed E-state index contributed by atoms with van der Waals surface area (Å²) in [5.41, 5.74) is 7.78. The Labute approximate surface area is 142 Å². The van der Waals surface area contributed by atoms with Gasteiger partial charge in [0, 0.05) is 30.9 Å². The van der Waals surface area contributed by atoms with E-state index in [0.29, 0.717) is 16.8 Å². The summed E-state index contributed by atoms with van der Waals surface area (Å²) in [5.74, 6) is 0.936. The minimum atomic E-state index is 0.140. The number of hydrogen-bond donors (Lipinski definition) is 1. The zero-order valence-corrected chi connectivity index (χ0v) is 14.4. The average molecular weight is 350 g/mol. The van der Waals surface area contributed by atoms with Gasteiger partial charge in [0.2, 0.25) is 11.0 Å². The fraction of sp³-hybridized carbons (Fsp3) is 0.500. The number of likely N-dealkylation sites (tertiary alicyclic amines) is 1. The molecule has 7 nitrogen and oxygen atoms in total. The molecule has 23 heavy (non-hydrogen) atoms. The number of thioether (sulfide) groups is 1. The van der Waals surface area contributed by atoms with Gasteiger partial charge in [-0.25, -0.2) is 9.97 Å². The van der Waals surface area contributed by atoms with Gasteiger partial charge in [-0.05, 0) is 25.3 Å². The molecule has 1 saturated heterocycles. The highest BCUT2D eigenvalue weighted by Crippen LogP contribution is 2.29. The Hall–Kier alpha value is -1.74. The lowest BCUT2D eigenvalue weighted by Crippen LogP contribution is -2.39. The molecular weight excluding hydrogens is 332 g/mol. The van der Waals surface area contributed by atoms with E-state index in [1.807, 2.05) is 18.0 Å². The van der Waals surface area contributed by atoms with E-state index in [4.69, 9.17) is 5.73 Å². The number of aryl methyl sites for hydroxylation is 1. The minimum Gasteiger partial charge on any atom is -0.374 e. The second-order valence-electron chi connectivity index (χ2n) is 5.44. The zero-order valence-electron chi connectivity index (χ0n) is 12.8. The first-order valence-electron chi connectivity index (χ1n) is 7.39. The SMILES string of the molecule is Cc1cncnc1C1CCN(C(=O)CSc2nnc(N)s2)CC1. The fourth-order valence-corrected chi connectivity index (χ4v) is 4.27. The van der Waals surface area contributed by atoms with Crippen LogP contribution >= 0.6 is 23.1 Å². The maximum atomic E-state index is 12.3. The molecular formula is C14H18N6OS2. The highest BCUT2D eigenvalue weighted by molar-refractivity contribution is 8.01. The molecule has 0 aromatic carbocycles. The maximum absolute atomic E-state index is 12.3. The first-order valence-corrected chi connectivity index (χ1v) is 9.19. The first-order chi connectivity index (χ1) is 11.1. The first kappa shape index (κ1) is 16.1. The number of carbonyl (C=O) groups is 1. The third kappa shape index (κ3) is 3.97. The topological polar surface area (TPSA) is 97.9 Å². The maximum Gasteiger partial charge on any atom is 0.233 e. The molecule has 0 bridgehead atoms. The summed E-state index contributed by atoms with van der Waals surface area (Å²) in [6.07, 6.45) is 5.34. The van der Waals surface area contributed by atoms with Crippen molar-refractivity contribution < 1.29 is 4.79 Å². The molecule has 1 fully saturated rings. The van der Waals surface area contributed by atoms with Gasteiger partial charge >= 0.3 is 0 Å². The number of amides is 1. The van der Waals surface area contributed by atoms with Crippen LogP contribution in [0, 0.1) is 6.92 Å². The Bertz CT molecular complexity index is 683. The van der Waals surface area contributed by atoms with Crippen LogP contribution in [0.3, 0.4) is 0 Å². The Morgan fingerprint density at radius 2 is 2.22 bits per heavy atom. The normalized spacial score (nSPS) is 15.8. The highest BCUT2D eigenvalue weighted by atomic mass is 32.2. The Kier molecular flexibility index (Phi) is 5.06. The summed E-state index contributed by atoms with van der Waals surface area (Å²) in [6.45, 7) is 3.58. The van der Waals surface area contributed by atoms with Crippen molar-refractivity contribution in [2.24, 2.45) is 0 Å². The van der Waals surface area contributed by atoms with E-state index < -0.39 is 0 Å². The summed E-state index contributed by atoms with van der Waals surface area (Å²) >= 11 is 2.70. The fourth-order valence-electron chi connectivity index (χ4n) is 2.73. The predicted octanol–water partition coefficient (Wildman–Crippen LogP) is 1.72. The summed E-state index contributed by atoms with van der Waals surface area (Å²) in [4.78, 5) is 22.7. The van der Waals surface area contributed by atoms with Crippen LogP contribution in [0.4, 0.5) is 5.13 Å². The molecule has 1 amide bonds. The van der Waals surface area contributed by atoms with E-state index >= 15 is 0 Å². The third-order valence-electron chi connectivity index (χ3n) is 3.91. The largest absolute Gasteiger partial charge is 0.374 e. The van der Waals surface area contributed by atoms with Crippen LogP contribution in [0.2, 0.25) is 0 Å². The Morgan fingerprint density at radius 1 is 1.43 bits per heavy atom. The van der Waals surface area contributed by atoms with Crippen LogP contribution in [-0.4, -0.2) is 49.8 Å². The van der Waals surface area contributed by atoms with Crippen LogP contribution < -0.4 is 5.73 Å². The van der Waals surface area contributed by atoms with Crippen molar-refractivity contribution in [3.63, 3.8) is 0 Å². The van der Waals surface area contributed by atoms with Crippen molar-refractivity contribution in [3.8, 4) is 0 Å². The lowest BCUT2D eigenvalue weighted by molar-refractivity contribution is -0.129. The number of carbonyl (C=O) groups excluding carboxylic acids is 1. The molecule has 0 aliphatic carbocycles. The molecule has 9 heteroatoms. The summed E-state index contributed by atoms with van der Waals surface area (Å²) < 4.78 is 0.738. The van der Waals surface area contributed by atoms with Crippen LogP contribution in [0.5, 0.6) is 0 Å². The summed E-state index contributed by atoms with van der Waals surface area (Å²) in [7, 11) is 0. The van der Waals surface area contributed by atoms with Gasteiger partial charge in [0.15, 0.2) is 4.34 Å². The van der Waals surface area contributed by atoms with Gasteiger partial charge in [0.1, 0.15) is 6.33 Å². The number of anilines is 1. The average Bonchev–Trinajstić information content (AvgIpc) is 2.99. The van der Waals surface area contributed by atoms with Crippen molar-refractivity contribution in [2.75, 3.05) is 24.6 Å². The van der Waals surface area contributed by atoms with Gasteiger partial charge in [0.25, 0.3) is 0 Å². The van der Waals surface area contributed by atoms with E-state index in [9.17, 15) is 4.79 Å². The van der Waals surface area contributed by atoms with Gasteiger partial charge in [-0.1, -0.05) is 23.1 Å². The van der Waals surface area contributed by atoms with E-state index in [1.54, 1.807) is 6.33 Å². The van der Waals surface area contributed by atoms with Crippen LogP contribution in [0.1, 0.15) is 30.0 Å². The van der Waals surface area contributed by atoms with Crippen molar-refractivity contribution in [1.29, 1.82) is 0 Å². The van der Waals surface area contributed by atoms with Crippen LogP contribution in [0.25, 0.3) is 0 Å². The third-order valence-corrected chi connectivity index (χ3v) is 5.78. The number of nitrogen functional groups attached to an aromatic ring is 1. The second-order valence-corrected chi connectivity index (χ2v) is 7.67. The van der Waals surface area contributed by atoms with E-state index in [1.165, 1.54) is 23.1 Å². The quantitative estimate of drug-likeness (QED) is 0.838. The molecule has 0 radical (unpaired) electrons. The molecule has 1 aliphatic rings. The van der Waals surface area contributed by atoms with E-state index in [-0.39, 0.29) is 5.91 Å². The lowest BCUT2D eigenvalue weighted by Gasteiger charge is -2.32. The minimum absolute atomic E-state index is 0.140. The molecule has 3 rings (SSSR count). The van der Waals surface area contributed by atoms with Crippen molar-refractivity contribution in [2.45, 2.75) is 30.0 Å². The van der Waals surface area contributed by atoms with Gasteiger partial charge in [-0.3, -0.25) is 4.79 Å². The molecule has 1 aliphatic heterocycles. The smallest absolute Gasteiger partial charge is 0.233 e. The van der Waals surface area contributed by atoms with Crippen LogP contribution in [0.15, 0.2) is 16.9 Å². The summed E-state index contributed by atoms with van der Waals surface area (Å²) in [6, 6.07) is 0. The number of piperidine rings is 1. The van der Waals surface area contributed by atoms with Crippen molar-refractivity contribution >= 4 is 34.1 Å². The molecule has 0 unspecified atom stereocenters. The molecule has 0 atom stereocenters. The highest BCUT2D eigenvalue weighted by Gasteiger charge is 2.25. The monoisotopic (exact) mass is 350 g/mol. The Balaban J connectivity index is 1.50. The number of aromatic nitrogens is 4. The van der Waals surface area contributed by atoms with Gasteiger partial charge < -0.3 is 10.6 Å². The van der Waals surface area contributed by atoms with Gasteiger partial charge in [0.05, 0.1) is 5.75 Å². The standard InChI is InChI=1S/C14H18N6OS2/c1-9-6-16-8-17-12(9)10-2-4-20(5-3-10)11(21)7-22-14-19-18-13(15)23-14/h6,8,10H,2-5,7H2,1H3,(H2,15,18). The molecule has 2 N–H and O–H groups in total. The molecule has 3 heterocycles. The van der Waals surface area contributed by atoms with Gasteiger partial charge in [-0.2, -0.15) is 0 Å². The second kappa shape index (κ2) is 7.22.